The lowest BCUT2D eigenvalue weighted by Crippen LogP contribution is -2.22. The molecule has 0 saturated heterocycles. The van der Waals surface area contributed by atoms with Crippen LogP contribution in [0.4, 0.5) is 5.82 Å². The number of hydrogen-bond acceptors (Lipinski definition) is 5. The molecular formula is C16H21Cl4N5O. The van der Waals surface area contributed by atoms with Crippen LogP contribution in [0.2, 0.25) is 0 Å². The van der Waals surface area contributed by atoms with E-state index < -0.39 is 0 Å². The Morgan fingerprint density at radius 3 is 2.46 bits per heavy atom. The van der Waals surface area contributed by atoms with Gasteiger partial charge in [0.25, 0.3) is 5.56 Å². The second kappa shape index (κ2) is 12.0. The van der Waals surface area contributed by atoms with Crippen molar-refractivity contribution < 1.29 is 0 Å². The minimum Gasteiger partial charge on any atom is -0.367 e. The Kier molecular flexibility index (Phi) is 12.3. The van der Waals surface area contributed by atoms with Gasteiger partial charge >= 0.3 is 0 Å². The largest absolute Gasteiger partial charge is 0.367 e. The van der Waals surface area contributed by atoms with Crippen molar-refractivity contribution in [1.29, 1.82) is 5.26 Å². The summed E-state index contributed by atoms with van der Waals surface area (Å²) < 4.78 is 1.42. The minimum atomic E-state index is -0.339. The van der Waals surface area contributed by atoms with Crippen molar-refractivity contribution in [2.75, 3.05) is 5.32 Å². The molecule has 0 aliphatic heterocycles. The maximum atomic E-state index is 12.1. The molecule has 3 N–H and O–H groups in total. The highest BCUT2D eigenvalue weighted by Crippen LogP contribution is 2.21. The highest BCUT2D eigenvalue weighted by atomic mass is 35.5. The van der Waals surface area contributed by atoms with Crippen molar-refractivity contribution >= 4 is 55.4 Å². The second-order valence-electron chi connectivity index (χ2n) is 5.52. The fourth-order valence-corrected chi connectivity index (χ4v) is 2.75. The average molecular weight is 441 g/mol. The molecule has 0 amide bonds. The summed E-state index contributed by atoms with van der Waals surface area (Å²) in [6, 6.07) is 9.35. The number of nitrogens with zero attached hydrogens (tertiary/aromatic N) is 3. The van der Waals surface area contributed by atoms with Gasteiger partial charge in [-0.15, -0.1) is 49.6 Å². The molecule has 26 heavy (non-hydrogen) atoms. The van der Waals surface area contributed by atoms with Crippen molar-refractivity contribution in [2.24, 2.45) is 5.73 Å². The number of nitrogens with one attached hydrogen (secondary N) is 1. The molecule has 0 spiro atoms. The van der Waals surface area contributed by atoms with Gasteiger partial charge in [-0.05, 0) is 43.5 Å². The van der Waals surface area contributed by atoms with Crippen LogP contribution in [0.5, 0.6) is 0 Å². The summed E-state index contributed by atoms with van der Waals surface area (Å²) in [4.78, 5) is 16.4. The number of pyridine rings is 2. The molecule has 0 radical (unpaired) electrons. The molecule has 3 rings (SSSR count). The fourth-order valence-electron chi connectivity index (χ4n) is 2.75. The fraction of sp³-hybridized carbons (Fsp3) is 0.312. The Bertz CT molecular complexity index is 775. The zero-order valence-electron chi connectivity index (χ0n) is 13.7. The van der Waals surface area contributed by atoms with Crippen molar-refractivity contribution in [3.63, 3.8) is 0 Å². The van der Waals surface area contributed by atoms with Gasteiger partial charge in [-0.25, -0.2) is 4.98 Å². The molecule has 144 valence electrons. The number of aromatic nitrogens is 2. The van der Waals surface area contributed by atoms with Gasteiger partial charge in [-0.3, -0.25) is 9.36 Å². The van der Waals surface area contributed by atoms with Crippen LogP contribution >= 0.6 is 49.6 Å². The topological polar surface area (TPSA) is 96.7 Å². The first-order valence-electron chi connectivity index (χ1n) is 7.27. The van der Waals surface area contributed by atoms with Gasteiger partial charge in [-0.1, -0.05) is 0 Å². The minimum absolute atomic E-state index is 0. The van der Waals surface area contributed by atoms with Gasteiger partial charge in [0, 0.05) is 18.3 Å². The van der Waals surface area contributed by atoms with E-state index in [1.54, 1.807) is 18.5 Å². The molecular weight excluding hydrogens is 420 g/mol. The molecule has 1 aliphatic carbocycles. The molecule has 2 atom stereocenters. The summed E-state index contributed by atoms with van der Waals surface area (Å²) in [5.74, 6) is 0.771. The number of nitrogens with two attached hydrogens (primary N) is 1. The van der Waals surface area contributed by atoms with Crippen molar-refractivity contribution in [3.8, 4) is 11.8 Å². The summed E-state index contributed by atoms with van der Waals surface area (Å²) in [6.07, 6.45) is 6.29. The predicted molar refractivity (Wildman–Crippen MR) is 113 cm³/mol. The molecule has 0 bridgehead atoms. The third kappa shape index (κ3) is 6.04. The molecule has 0 unspecified atom stereocenters. The SMILES string of the molecule is Cl.Cl.Cl.Cl.N#Cc1cccn(-c2ccc(N[C@H]3CC[C@H](N)C3)nc2)c1=O. The van der Waals surface area contributed by atoms with Gasteiger partial charge in [0.2, 0.25) is 0 Å². The monoisotopic (exact) mass is 439 g/mol. The summed E-state index contributed by atoms with van der Waals surface area (Å²) in [7, 11) is 0. The average Bonchev–Trinajstić information content (AvgIpc) is 2.94. The summed E-state index contributed by atoms with van der Waals surface area (Å²) in [5.41, 5.74) is 6.31. The first-order valence-corrected chi connectivity index (χ1v) is 7.27. The molecule has 1 saturated carbocycles. The Morgan fingerprint density at radius 2 is 1.92 bits per heavy atom. The molecule has 10 heteroatoms. The quantitative estimate of drug-likeness (QED) is 0.764. The van der Waals surface area contributed by atoms with Crippen molar-refractivity contribution in [1.82, 2.24) is 9.55 Å². The molecule has 6 nitrogen and oxygen atoms in total. The Hall–Kier alpha value is -1.49. The Labute approximate surface area is 176 Å². The number of halogens is 4. The van der Waals surface area contributed by atoms with E-state index in [2.05, 4.69) is 10.3 Å². The normalized spacial score (nSPS) is 17.4. The smallest absolute Gasteiger partial charge is 0.273 e. The third-order valence-corrected chi connectivity index (χ3v) is 3.92. The molecule has 0 aromatic carbocycles. The zero-order chi connectivity index (χ0) is 15.5. The van der Waals surface area contributed by atoms with Crippen LogP contribution in [0, 0.1) is 11.3 Å². The maximum absolute atomic E-state index is 12.1. The van der Waals surface area contributed by atoms with Crippen LogP contribution in [0.3, 0.4) is 0 Å². The number of nitriles is 1. The Morgan fingerprint density at radius 1 is 1.19 bits per heavy atom. The Balaban J connectivity index is 0. The van der Waals surface area contributed by atoms with Crippen LogP contribution in [0.1, 0.15) is 24.8 Å². The van der Waals surface area contributed by atoms with Crippen molar-refractivity contribution in [2.45, 2.75) is 31.3 Å². The van der Waals surface area contributed by atoms with Gasteiger partial charge in [0.1, 0.15) is 17.5 Å². The standard InChI is InChI=1S/C16H17N5O.4ClH/c17-9-11-2-1-7-21(16(11)22)14-5-6-15(19-10-14)20-13-4-3-12(18)8-13;;;;/h1-2,5-7,10,12-13H,3-4,8,18H2,(H,19,20);4*1H/t12-,13-;;;;/m0..../s1. The third-order valence-electron chi connectivity index (χ3n) is 3.92. The molecule has 1 aliphatic rings. The summed E-state index contributed by atoms with van der Waals surface area (Å²) in [6.45, 7) is 0. The summed E-state index contributed by atoms with van der Waals surface area (Å²) >= 11 is 0. The molecule has 2 heterocycles. The van der Waals surface area contributed by atoms with Crippen LogP contribution in [0.25, 0.3) is 5.69 Å². The number of hydrogen-bond donors (Lipinski definition) is 2. The zero-order valence-corrected chi connectivity index (χ0v) is 17.0. The maximum Gasteiger partial charge on any atom is 0.273 e. The molecule has 1 fully saturated rings. The van der Waals surface area contributed by atoms with Gasteiger partial charge < -0.3 is 11.1 Å². The van der Waals surface area contributed by atoms with Gasteiger partial charge in [0.05, 0.1) is 11.9 Å². The molecule has 2 aromatic rings. The van der Waals surface area contributed by atoms with E-state index in [4.69, 9.17) is 11.0 Å². The highest BCUT2D eigenvalue weighted by Gasteiger charge is 2.21. The highest BCUT2D eigenvalue weighted by molar-refractivity contribution is 5.86. The first-order chi connectivity index (χ1) is 10.7. The van der Waals surface area contributed by atoms with E-state index in [0.29, 0.717) is 11.7 Å². The van der Waals surface area contributed by atoms with Crippen LogP contribution < -0.4 is 16.6 Å². The van der Waals surface area contributed by atoms with Crippen LogP contribution in [0.15, 0.2) is 41.5 Å². The van der Waals surface area contributed by atoms with E-state index in [-0.39, 0.29) is 66.8 Å². The lowest BCUT2D eigenvalue weighted by molar-refractivity contribution is 0.686. The number of anilines is 1. The van der Waals surface area contributed by atoms with E-state index in [9.17, 15) is 4.79 Å². The van der Waals surface area contributed by atoms with Crippen LogP contribution in [-0.4, -0.2) is 21.6 Å². The van der Waals surface area contributed by atoms with Gasteiger partial charge in [0.15, 0.2) is 0 Å². The van der Waals surface area contributed by atoms with E-state index in [0.717, 1.165) is 25.1 Å². The van der Waals surface area contributed by atoms with E-state index in [1.165, 1.54) is 10.6 Å². The lowest BCUT2D eigenvalue weighted by Gasteiger charge is -2.13. The second-order valence-corrected chi connectivity index (χ2v) is 5.52. The lowest BCUT2D eigenvalue weighted by atomic mass is 10.2. The first kappa shape index (κ1) is 26.7. The summed E-state index contributed by atoms with van der Waals surface area (Å²) in [5, 5.41) is 12.3. The van der Waals surface area contributed by atoms with Crippen LogP contribution in [-0.2, 0) is 0 Å². The van der Waals surface area contributed by atoms with Gasteiger partial charge in [-0.2, -0.15) is 5.26 Å². The van der Waals surface area contributed by atoms with Crippen molar-refractivity contribution in [3.05, 3.63) is 52.6 Å². The van der Waals surface area contributed by atoms with E-state index in [1.807, 2.05) is 18.2 Å². The predicted octanol–water partition coefficient (Wildman–Crippen LogP) is 3.08. The molecule has 2 aromatic heterocycles. The van der Waals surface area contributed by atoms with E-state index >= 15 is 0 Å². The number of rotatable bonds is 3.